The van der Waals surface area contributed by atoms with Crippen LogP contribution in [0.3, 0.4) is 0 Å². The van der Waals surface area contributed by atoms with Gasteiger partial charge in [0.25, 0.3) is 0 Å². The summed E-state index contributed by atoms with van der Waals surface area (Å²) in [5, 5.41) is 17.2. The summed E-state index contributed by atoms with van der Waals surface area (Å²) in [5.41, 5.74) is 2.05. The highest BCUT2D eigenvalue weighted by Crippen LogP contribution is 2.28. The molecule has 2 rings (SSSR count). The van der Waals surface area contributed by atoms with Crippen LogP contribution in [0.25, 0.3) is 0 Å². The average Bonchev–Trinajstić information content (AvgIpc) is 3.03. The topological polar surface area (TPSA) is 50.7 Å². The normalized spacial score (nSPS) is 12.1. The van der Waals surface area contributed by atoms with E-state index in [1.807, 2.05) is 41.9 Å². The van der Waals surface area contributed by atoms with Gasteiger partial charge in [-0.2, -0.15) is 11.3 Å². The largest absolute Gasteiger partial charge is 0.493 e. The molecule has 0 bridgehead atoms. The lowest BCUT2D eigenvalue weighted by Crippen LogP contribution is -2.20. The molecule has 114 valence electrons. The van der Waals surface area contributed by atoms with Gasteiger partial charge in [0.1, 0.15) is 0 Å². The molecular formula is C16H21NO3S. The molecule has 5 heteroatoms. The number of rotatable bonds is 8. The highest BCUT2D eigenvalue weighted by Gasteiger charge is 2.08. The number of aliphatic hydroxyl groups is 1. The molecule has 2 aromatic rings. The first-order chi connectivity index (χ1) is 10.2. The molecule has 1 aromatic heterocycles. The minimum atomic E-state index is -0.471. The van der Waals surface area contributed by atoms with Crippen LogP contribution in [0.5, 0.6) is 11.5 Å². The molecule has 21 heavy (non-hydrogen) atoms. The van der Waals surface area contributed by atoms with Crippen molar-refractivity contribution in [3.63, 3.8) is 0 Å². The summed E-state index contributed by atoms with van der Waals surface area (Å²) in [7, 11) is 1.63. The van der Waals surface area contributed by atoms with Crippen molar-refractivity contribution in [3.8, 4) is 11.5 Å². The first kappa shape index (κ1) is 15.8. The Kier molecular flexibility index (Phi) is 6.04. The number of nitrogens with one attached hydrogen (secondary N) is 1. The van der Waals surface area contributed by atoms with E-state index in [2.05, 4.69) is 5.32 Å². The third kappa shape index (κ3) is 4.46. The number of methoxy groups -OCH3 is 1. The Labute approximate surface area is 129 Å². The Morgan fingerprint density at radius 3 is 2.81 bits per heavy atom. The van der Waals surface area contributed by atoms with E-state index in [4.69, 9.17) is 9.47 Å². The molecule has 0 spiro atoms. The summed E-state index contributed by atoms with van der Waals surface area (Å²) in [6.45, 7) is 3.75. The molecule has 0 saturated heterocycles. The number of aliphatic hydroxyl groups excluding tert-OH is 1. The fraction of sp³-hybridized carbons (Fsp3) is 0.375. The Hall–Kier alpha value is -1.56. The van der Waals surface area contributed by atoms with Crippen LogP contribution in [0.15, 0.2) is 35.0 Å². The van der Waals surface area contributed by atoms with E-state index in [-0.39, 0.29) is 0 Å². The van der Waals surface area contributed by atoms with Gasteiger partial charge in [-0.3, -0.25) is 0 Å². The van der Waals surface area contributed by atoms with Gasteiger partial charge >= 0.3 is 0 Å². The van der Waals surface area contributed by atoms with E-state index < -0.39 is 6.10 Å². The van der Waals surface area contributed by atoms with Crippen LogP contribution in [0.4, 0.5) is 0 Å². The Balaban J connectivity index is 1.88. The summed E-state index contributed by atoms with van der Waals surface area (Å²) in [6, 6.07) is 7.80. The van der Waals surface area contributed by atoms with Gasteiger partial charge in [0.15, 0.2) is 11.5 Å². The first-order valence-electron chi connectivity index (χ1n) is 6.95. The molecule has 4 nitrogen and oxygen atoms in total. The van der Waals surface area contributed by atoms with Gasteiger partial charge in [-0.05, 0) is 47.0 Å². The predicted octanol–water partition coefficient (Wildman–Crippen LogP) is 2.98. The van der Waals surface area contributed by atoms with Crippen molar-refractivity contribution in [2.45, 2.75) is 19.6 Å². The van der Waals surface area contributed by atoms with Gasteiger partial charge in [-0.25, -0.2) is 0 Å². The number of ether oxygens (including phenoxy) is 2. The van der Waals surface area contributed by atoms with Crippen LogP contribution in [-0.4, -0.2) is 25.4 Å². The number of hydrogen-bond acceptors (Lipinski definition) is 5. The van der Waals surface area contributed by atoms with Crippen molar-refractivity contribution in [1.29, 1.82) is 0 Å². The fourth-order valence-electron chi connectivity index (χ4n) is 2.03. The minimum absolute atomic E-state index is 0.471. The number of hydrogen-bond donors (Lipinski definition) is 2. The van der Waals surface area contributed by atoms with Crippen LogP contribution in [0, 0.1) is 0 Å². The molecule has 0 aliphatic rings. The summed E-state index contributed by atoms with van der Waals surface area (Å²) in [6.07, 6.45) is -0.471. The molecule has 0 aliphatic carbocycles. The fourth-order valence-corrected chi connectivity index (χ4v) is 2.74. The molecule has 2 N–H and O–H groups in total. The third-order valence-corrected chi connectivity index (χ3v) is 3.82. The maximum Gasteiger partial charge on any atom is 0.161 e. The van der Waals surface area contributed by atoms with E-state index in [1.54, 1.807) is 18.4 Å². The highest BCUT2D eigenvalue weighted by atomic mass is 32.1. The molecular weight excluding hydrogens is 286 g/mol. The number of thiophene rings is 1. The van der Waals surface area contributed by atoms with E-state index >= 15 is 0 Å². The van der Waals surface area contributed by atoms with Crippen LogP contribution in [0.1, 0.15) is 24.2 Å². The first-order valence-corrected chi connectivity index (χ1v) is 7.89. The Morgan fingerprint density at radius 1 is 1.29 bits per heavy atom. The molecule has 0 aliphatic heterocycles. The van der Waals surface area contributed by atoms with Crippen molar-refractivity contribution >= 4 is 11.3 Å². The molecule has 0 fully saturated rings. The van der Waals surface area contributed by atoms with Crippen LogP contribution >= 0.6 is 11.3 Å². The van der Waals surface area contributed by atoms with Crippen LogP contribution in [-0.2, 0) is 6.54 Å². The molecule has 0 saturated carbocycles. The maximum absolute atomic E-state index is 10.0. The minimum Gasteiger partial charge on any atom is -0.493 e. The molecule has 1 heterocycles. The molecule has 1 aromatic carbocycles. The lowest BCUT2D eigenvalue weighted by Gasteiger charge is -2.13. The molecule has 1 unspecified atom stereocenters. The van der Waals surface area contributed by atoms with Crippen molar-refractivity contribution in [2.75, 3.05) is 20.3 Å². The van der Waals surface area contributed by atoms with Crippen molar-refractivity contribution < 1.29 is 14.6 Å². The quantitative estimate of drug-likeness (QED) is 0.787. The second kappa shape index (κ2) is 8.02. The van der Waals surface area contributed by atoms with Crippen LogP contribution in [0.2, 0.25) is 0 Å². The van der Waals surface area contributed by atoms with Crippen LogP contribution < -0.4 is 14.8 Å². The standard InChI is InChI=1S/C16H21NO3S/c1-3-20-15-5-4-12(8-16(15)19-2)9-17-10-14(18)13-6-7-21-11-13/h4-8,11,14,17-18H,3,9-10H2,1-2H3. The molecule has 0 radical (unpaired) electrons. The van der Waals surface area contributed by atoms with E-state index in [9.17, 15) is 5.11 Å². The predicted molar refractivity (Wildman–Crippen MR) is 85.1 cm³/mol. The van der Waals surface area contributed by atoms with E-state index in [1.165, 1.54) is 0 Å². The highest BCUT2D eigenvalue weighted by molar-refractivity contribution is 7.07. The lowest BCUT2D eigenvalue weighted by molar-refractivity contribution is 0.175. The summed E-state index contributed by atoms with van der Waals surface area (Å²) < 4.78 is 10.8. The summed E-state index contributed by atoms with van der Waals surface area (Å²) in [4.78, 5) is 0. The molecule has 1 atom stereocenters. The van der Waals surface area contributed by atoms with E-state index in [0.717, 1.165) is 22.6 Å². The molecule has 0 amide bonds. The van der Waals surface area contributed by atoms with Gasteiger partial charge < -0.3 is 19.9 Å². The third-order valence-electron chi connectivity index (χ3n) is 3.12. The number of benzene rings is 1. The Bertz CT molecular complexity index is 542. The lowest BCUT2D eigenvalue weighted by atomic mass is 10.1. The second-order valence-corrected chi connectivity index (χ2v) is 5.40. The van der Waals surface area contributed by atoms with Crippen molar-refractivity contribution in [3.05, 3.63) is 46.2 Å². The van der Waals surface area contributed by atoms with Gasteiger partial charge in [0, 0.05) is 13.1 Å². The van der Waals surface area contributed by atoms with Gasteiger partial charge in [-0.15, -0.1) is 0 Å². The maximum atomic E-state index is 10.0. The van der Waals surface area contributed by atoms with E-state index in [0.29, 0.717) is 19.7 Å². The van der Waals surface area contributed by atoms with Crippen molar-refractivity contribution in [2.24, 2.45) is 0 Å². The Morgan fingerprint density at radius 2 is 2.14 bits per heavy atom. The monoisotopic (exact) mass is 307 g/mol. The SMILES string of the molecule is CCOc1ccc(CNCC(O)c2ccsc2)cc1OC. The van der Waals surface area contributed by atoms with Gasteiger partial charge in [0.05, 0.1) is 19.8 Å². The zero-order valence-electron chi connectivity index (χ0n) is 12.3. The zero-order valence-corrected chi connectivity index (χ0v) is 13.2. The van der Waals surface area contributed by atoms with Crippen molar-refractivity contribution in [1.82, 2.24) is 5.32 Å². The zero-order chi connectivity index (χ0) is 15.1. The summed E-state index contributed by atoms with van der Waals surface area (Å²) in [5.74, 6) is 1.48. The smallest absolute Gasteiger partial charge is 0.161 e. The average molecular weight is 307 g/mol. The second-order valence-electron chi connectivity index (χ2n) is 4.62. The summed E-state index contributed by atoms with van der Waals surface area (Å²) >= 11 is 1.59. The van der Waals surface area contributed by atoms with Gasteiger partial charge in [-0.1, -0.05) is 6.07 Å². The van der Waals surface area contributed by atoms with Gasteiger partial charge in [0.2, 0.25) is 0 Å².